The lowest BCUT2D eigenvalue weighted by Crippen LogP contribution is -2.46. The Morgan fingerprint density at radius 3 is 3.18 bits per heavy atom. The van der Waals surface area contributed by atoms with Crippen molar-refractivity contribution in [3.63, 3.8) is 0 Å². The normalized spacial score (nSPS) is 20.2. The van der Waals surface area contributed by atoms with E-state index in [0.29, 0.717) is 5.69 Å². The fourth-order valence-electron chi connectivity index (χ4n) is 2.20. The first-order chi connectivity index (χ1) is 8.20. The molecule has 2 heterocycles. The summed E-state index contributed by atoms with van der Waals surface area (Å²) in [7, 11) is 0. The van der Waals surface area contributed by atoms with Gasteiger partial charge in [-0.15, -0.1) is 0 Å². The zero-order valence-corrected chi connectivity index (χ0v) is 10.5. The summed E-state index contributed by atoms with van der Waals surface area (Å²) in [5.74, 6) is -0.0128. The predicted molar refractivity (Wildman–Crippen MR) is 66.0 cm³/mol. The zero-order valence-electron chi connectivity index (χ0n) is 10.5. The highest BCUT2D eigenvalue weighted by molar-refractivity contribution is 5.92. The van der Waals surface area contributed by atoms with Crippen LogP contribution in [-0.2, 0) is 6.54 Å². The van der Waals surface area contributed by atoms with E-state index in [1.165, 1.54) is 0 Å². The molecule has 0 radical (unpaired) electrons. The van der Waals surface area contributed by atoms with E-state index in [9.17, 15) is 4.79 Å². The van der Waals surface area contributed by atoms with Gasteiger partial charge in [0, 0.05) is 19.1 Å². The molecule has 1 aliphatic rings. The molecule has 17 heavy (non-hydrogen) atoms. The van der Waals surface area contributed by atoms with E-state index in [-0.39, 0.29) is 11.9 Å². The summed E-state index contributed by atoms with van der Waals surface area (Å²) < 4.78 is 1.75. The first kappa shape index (κ1) is 12.1. The molecule has 1 aromatic heterocycles. The number of nitrogens with one attached hydrogen (secondary N) is 2. The molecule has 0 saturated carbocycles. The van der Waals surface area contributed by atoms with Gasteiger partial charge in [0.1, 0.15) is 5.69 Å². The number of nitrogens with zero attached hydrogens (tertiary/aromatic N) is 2. The van der Waals surface area contributed by atoms with E-state index in [4.69, 9.17) is 0 Å². The second-order valence-corrected chi connectivity index (χ2v) is 4.50. The van der Waals surface area contributed by atoms with Crippen molar-refractivity contribution in [2.45, 2.75) is 39.3 Å². The topological polar surface area (TPSA) is 59.0 Å². The number of carbonyl (C=O) groups is 1. The minimum atomic E-state index is -0.0128. The molecule has 1 fully saturated rings. The maximum atomic E-state index is 12.1. The Morgan fingerprint density at radius 2 is 2.53 bits per heavy atom. The summed E-state index contributed by atoms with van der Waals surface area (Å²) >= 11 is 0. The van der Waals surface area contributed by atoms with E-state index in [0.717, 1.165) is 38.2 Å². The van der Waals surface area contributed by atoms with E-state index in [2.05, 4.69) is 15.7 Å². The van der Waals surface area contributed by atoms with Gasteiger partial charge in [-0.25, -0.2) is 0 Å². The molecule has 94 valence electrons. The number of hydrogen-bond donors (Lipinski definition) is 2. The summed E-state index contributed by atoms with van der Waals surface area (Å²) in [6.07, 6.45) is 2.18. The Labute approximate surface area is 102 Å². The second kappa shape index (κ2) is 5.31. The van der Waals surface area contributed by atoms with Crippen molar-refractivity contribution in [2.24, 2.45) is 0 Å². The summed E-state index contributed by atoms with van der Waals surface area (Å²) in [5.41, 5.74) is 1.55. The number of hydrogen-bond acceptors (Lipinski definition) is 3. The third-order valence-corrected chi connectivity index (χ3v) is 3.07. The molecule has 1 unspecified atom stereocenters. The Balaban J connectivity index is 2.02. The molecule has 1 aliphatic heterocycles. The molecule has 0 aromatic carbocycles. The number of aryl methyl sites for hydroxylation is 2. The number of rotatable bonds is 3. The van der Waals surface area contributed by atoms with E-state index in [1.807, 2.05) is 19.9 Å². The molecule has 2 N–H and O–H groups in total. The molecule has 1 saturated heterocycles. The largest absolute Gasteiger partial charge is 0.347 e. The lowest BCUT2D eigenvalue weighted by atomic mass is 10.1. The van der Waals surface area contributed by atoms with E-state index >= 15 is 0 Å². The molecule has 0 bridgehead atoms. The van der Waals surface area contributed by atoms with Gasteiger partial charge in [0.05, 0.1) is 5.69 Å². The van der Waals surface area contributed by atoms with Crippen LogP contribution in [0, 0.1) is 6.92 Å². The van der Waals surface area contributed by atoms with Crippen LogP contribution in [0.3, 0.4) is 0 Å². The maximum absolute atomic E-state index is 12.1. The average Bonchev–Trinajstić information content (AvgIpc) is 2.72. The predicted octanol–water partition coefficient (Wildman–Crippen LogP) is 0.693. The van der Waals surface area contributed by atoms with Crippen LogP contribution in [0.2, 0.25) is 0 Å². The molecule has 0 aliphatic carbocycles. The lowest BCUT2D eigenvalue weighted by molar-refractivity contribution is 0.0920. The van der Waals surface area contributed by atoms with Crippen molar-refractivity contribution in [3.05, 3.63) is 17.5 Å². The monoisotopic (exact) mass is 236 g/mol. The van der Waals surface area contributed by atoms with Crippen LogP contribution >= 0.6 is 0 Å². The number of aromatic nitrogens is 2. The van der Waals surface area contributed by atoms with Crippen molar-refractivity contribution in [3.8, 4) is 0 Å². The standard InChI is InChI=1S/C12H20N4O/c1-3-16-11(7-9(2)15-16)12(17)14-10-5-4-6-13-8-10/h7,10,13H,3-6,8H2,1-2H3,(H,14,17). The molecule has 1 atom stereocenters. The van der Waals surface area contributed by atoms with Crippen molar-refractivity contribution in [1.29, 1.82) is 0 Å². The molecular weight excluding hydrogens is 216 g/mol. The summed E-state index contributed by atoms with van der Waals surface area (Å²) in [5, 5.41) is 10.6. The fraction of sp³-hybridized carbons (Fsp3) is 0.667. The highest BCUT2D eigenvalue weighted by atomic mass is 16.2. The third kappa shape index (κ3) is 2.85. The quantitative estimate of drug-likeness (QED) is 0.812. The highest BCUT2D eigenvalue weighted by Crippen LogP contribution is 2.06. The number of carbonyl (C=O) groups excluding carboxylic acids is 1. The van der Waals surface area contributed by atoms with Gasteiger partial charge >= 0.3 is 0 Å². The van der Waals surface area contributed by atoms with E-state index < -0.39 is 0 Å². The molecule has 1 amide bonds. The van der Waals surface area contributed by atoms with Crippen LogP contribution in [-0.4, -0.2) is 34.8 Å². The second-order valence-electron chi connectivity index (χ2n) is 4.50. The first-order valence-electron chi connectivity index (χ1n) is 6.26. The molecule has 5 heteroatoms. The summed E-state index contributed by atoms with van der Waals surface area (Å²) in [4.78, 5) is 12.1. The number of amides is 1. The van der Waals surface area contributed by atoms with Crippen molar-refractivity contribution in [1.82, 2.24) is 20.4 Å². The Hall–Kier alpha value is -1.36. The number of piperidine rings is 1. The van der Waals surface area contributed by atoms with Gasteiger partial charge in [-0.2, -0.15) is 5.10 Å². The van der Waals surface area contributed by atoms with Gasteiger partial charge in [0.25, 0.3) is 5.91 Å². The zero-order chi connectivity index (χ0) is 12.3. The van der Waals surface area contributed by atoms with Gasteiger partial charge in [-0.1, -0.05) is 0 Å². The minimum Gasteiger partial charge on any atom is -0.347 e. The Kier molecular flexibility index (Phi) is 3.78. The van der Waals surface area contributed by atoms with Gasteiger partial charge in [0.15, 0.2) is 0 Å². The van der Waals surface area contributed by atoms with Crippen LogP contribution in [0.1, 0.15) is 35.9 Å². The van der Waals surface area contributed by atoms with Crippen molar-refractivity contribution in [2.75, 3.05) is 13.1 Å². The molecule has 5 nitrogen and oxygen atoms in total. The SMILES string of the molecule is CCn1nc(C)cc1C(=O)NC1CCCNC1. The average molecular weight is 236 g/mol. The summed E-state index contributed by atoms with van der Waals surface area (Å²) in [6, 6.07) is 2.09. The highest BCUT2D eigenvalue weighted by Gasteiger charge is 2.19. The third-order valence-electron chi connectivity index (χ3n) is 3.07. The van der Waals surface area contributed by atoms with Crippen LogP contribution < -0.4 is 10.6 Å². The van der Waals surface area contributed by atoms with Gasteiger partial charge < -0.3 is 10.6 Å². The van der Waals surface area contributed by atoms with Gasteiger partial charge in [-0.3, -0.25) is 9.48 Å². The van der Waals surface area contributed by atoms with Crippen molar-refractivity contribution < 1.29 is 4.79 Å². The molecule has 2 rings (SSSR count). The smallest absolute Gasteiger partial charge is 0.269 e. The Morgan fingerprint density at radius 1 is 1.71 bits per heavy atom. The molecular formula is C12H20N4O. The minimum absolute atomic E-state index is 0.0128. The van der Waals surface area contributed by atoms with Crippen LogP contribution in [0.25, 0.3) is 0 Å². The van der Waals surface area contributed by atoms with E-state index in [1.54, 1.807) is 4.68 Å². The van der Waals surface area contributed by atoms with Crippen LogP contribution in [0.5, 0.6) is 0 Å². The fourth-order valence-corrected chi connectivity index (χ4v) is 2.20. The summed E-state index contributed by atoms with van der Waals surface area (Å²) in [6.45, 7) is 6.54. The van der Waals surface area contributed by atoms with Crippen LogP contribution in [0.4, 0.5) is 0 Å². The molecule has 0 spiro atoms. The van der Waals surface area contributed by atoms with Crippen LogP contribution in [0.15, 0.2) is 6.07 Å². The lowest BCUT2D eigenvalue weighted by Gasteiger charge is -2.23. The van der Waals surface area contributed by atoms with Gasteiger partial charge in [-0.05, 0) is 39.3 Å². The van der Waals surface area contributed by atoms with Crippen molar-refractivity contribution >= 4 is 5.91 Å². The maximum Gasteiger partial charge on any atom is 0.269 e. The van der Waals surface area contributed by atoms with Gasteiger partial charge in [0.2, 0.25) is 0 Å². The first-order valence-corrected chi connectivity index (χ1v) is 6.26. The Bertz CT molecular complexity index is 393. The molecule has 1 aromatic rings.